The molecular formula is C22H43NO3. The summed E-state index contributed by atoms with van der Waals surface area (Å²) in [5.74, 6) is -1.45. The van der Waals surface area contributed by atoms with Crippen molar-refractivity contribution in [2.24, 2.45) is 5.92 Å². The maximum absolute atomic E-state index is 11.4. The Morgan fingerprint density at radius 3 is 2.08 bits per heavy atom. The van der Waals surface area contributed by atoms with Crippen LogP contribution in [0.15, 0.2) is 12.7 Å². The normalized spacial score (nSPS) is 14.2. The molecule has 4 heteroatoms. The topological polar surface area (TPSA) is 60.4 Å². The molecule has 4 nitrogen and oxygen atoms in total. The quantitative estimate of drug-likeness (QED) is 0.228. The van der Waals surface area contributed by atoms with Gasteiger partial charge in [0.25, 0.3) is 0 Å². The number of aliphatic carboxylic acids is 1. The molecule has 0 rings (SSSR count). The van der Waals surface area contributed by atoms with Gasteiger partial charge in [-0.1, -0.05) is 46.1 Å². The Morgan fingerprint density at radius 1 is 1.04 bits per heavy atom. The molecule has 0 heterocycles. The first-order valence-corrected chi connectivity index (χ1v) is 10.8. The highest BCUT2D eigenvalue weighted by molar-refractivity contribution is 5.67. The van der Waals surface area contributed by atoms with Crippen LogP contribution in [0.3, 0.4) is 0 Å². The number of unbranched alkanes of at least 4 members (excludes halogenated alkanes) is 6. The van der Waals surface area contributed by atoms with E-state index < -0.39 is 11.9 Å². The maximum atomic E-state index is 11.4. The first-order valence-electron chi connectivity index (χ1n) is 10.8. The fourth-order valence-corrected chi connectivity index (χ4v) is 3.81. The number of nitrogens with zero attached hydrogens (tertiary/aromatic N) is 1. The maximum Gasteiger partial charge on any atom is 0.105 e. The van der Waals surface area contributed by atoms with Crippen LogP contribution in [0.25, 0.3) is 0 Å². The third-order valence-electron chi connectivity index (χ3n) is 5.33. The van der Waals surface area contributed by atoms with Gasteiger partial charge in [0.05, 0.1) is 19.6 Å². The number of hydrogen-bond acceptors (Lipinski definition) is 3. The van der Waals surface area contributed by atoms with E-state index in [-0.39, 0.29) is 6.10 Å². The third-order valence-corrected chi connectivity index (χ3v) is 5.33. The molecule has 0 spiro atoms. The Hall–Kier alpha value is -0.870. The highest BCUT2D eigenvalue weighted by Crippen LogP contribution is 2.20. The monoisotopic (exact) mass is 369 g/mol. The van der Waals surface area contributed by atoms with Crippen LogP contribution < -0.4 is 5.11 Å². The number of carbonyl (C=O) groups is 1. The number of hydrogen-bond donors (Lipinski definition) is 1. The number of carboxylic acid groups (broad SMARTS) is 1. The van der Waals surface area contributed by atoms with Crippen molar-refractivity contribution < 1.29 is 19.5 Å². The first kappa shape index (κ1) is 25.1. The van der Waals surface area contributed by atoms with Gasteiger partial charge in [-0.3, -0.25) is 0 Å². The average Bonchev–Trinajstić information content (AvgIpc) is 2.59. The highest BCUT2D eigenvalue weighted by atomic mass is 16.4. The van der Waals surface area contributed by atoms with Crippen molar-refractivity contribution in [3.05, 3.63) is 12.7 Å². The highest BCUT2D eigenvalue weighted by Gasteiger charge is 2.31. The van der Waals surface area contributed by atoms with E-state index in [0.717, 1.165) is 81.8 Å². The van der Waals surface area contributed by atoms with Crippen LogP contribution in [0.4, 0.5) is 0 Å². The molecule has 0 saturated carbocycles. The van der Waals surface area contributed by atoms with Crippen molar-refractivity contribution in [2.75, 3.05) is 26.2 Å². The number of aliphatic hydroxyl groups excluding tert-OH is 1. The second kappa shape index (κ2) is 15.2. The summed E-state index contributed by atoms with van der Waals surface area (Å²) in [7, 11) is 0. The number of allylic oxidation sites excluding steroid dienone is 1. The van der Waals surface area contributed by atoms with Crippen molar-refractivity contribution in [3.8, 4) is 0 Å². The molecule has 154 valence electrons. The summed E-state index contributed by atoms with van der Waals surface area (Å²) >= 11 is 0. The molecule has 0 fully saturated rings. The minimum Gasteiger partial charge on any atom is -0.550 e. The summed E-state index contributed by atoms with van der Waals surface area (Å²) in [5, 5.41) is 22.0. The smallest absolute Gasteiger partial charge is 0.105 e. The largest absolute Gasteiger partial charge is 0.550 e. The zero-order chi connectivity index (χ0) is 19.8. The lowest BCUT2D eigenvalue weighted by molar-refractivity contribution is -0.933. The van der Waals surface area contributed by atoms with Gasteiger partial charge in [0, 0.05) is 11.9 Å². The average molecular weight is 370 g/mol. The third kappa shape index (κ3) is 11.7. The Bertz CT molecular complexity index is 360. The van der Waals surface area contributed by atoms with Gasteiger partial charge in [0.2, 0.25) is 0 Å². The van der Waals surface area contributed by atoms with Crippen LogP contribution >= 0.6 is 0 Å². The van der Waals surface area contributed by atoms with Gasteiger partial charge in [-0.05, 0) is 44.9 Å². The van der Waals surface area contributed by atoms with Gasteiger partial charge in [-0.2, -0.15) is 0 Å². The van der Waals surface area contributed by atoms with E-state index in [1.165, 1.54) is 0 Å². The van der Waals surface area contributed by atoms with Crippen LogP contribution in [0.5, 0.6) is 0 Å². The molecule has 0 radical (unpaired) electrons. The number of quaternary nitrogens is 1. The fourth-order valence-electron chi connectivity index (χ4n) is 3.81. The zero-order valence-electron chi connectivity index (χ0n) is 17.5. The molecule has 2 unspecified atom stereocenters. The lowest BCUT2D eigenvalue weighted by Gasteiger charge is -2.42. The molecule has 0 aromatic rings. The fraction of sp³-hybridized carbons (Fsp3) is 0.864. The summed E-state index contributed by atoms with van der Waals surface area (Å²) < 4.78 is 0.720. The summed E-state index contributed by atoms with van der Waals surface area (Å²) in [6.07, 6.45) is 12.2. The Morgan fingerprint density at radius 2 is 1.62 bits per heavy atom. The van der Waals surface area contributed by atoms with Crippen molar-refractivity contribution in [3.63, 3.8) is 0 Å². The van der Waals surface area contributed by atoms with Gasteiger partial charge in [0.15, 0.2) is 0 Å². The lowest BCUT2D eigenvalue weighted by Crippen LogP contribution is -2.57. The van der Waals surface area contributed by atoms with E-state index in [1.807, 2.05) is 6.08 Å². The van der Waals surface area contributed by atoms with Crippen LogP contribution in [0, 0.1) is 5.92 Å². The van der Waals surface area contributed by atoms with Crippen LogP contribution in [0.1, 0.15) is 85.0 Å². The molecular weight excluding hydrogens is 326 g/mol. The SMILES string of the molecule is C=CCCCCC(O)C[N+](CCCCC)(CCCCC)CC(C)C(=O)[O-]. The molecule has 0 aliphatic heterocycles. The molecule has 0 amide bonds. The van der Waals surface area contributed by atoms with Gasteiger partial charge < -0.3 is 19.5 Å². The molecule has 2 atom stereocenters. The van der Waals surface area contributed by atoms with Gasteiger partial charge in [-0.15, -0.1) is 6.58 Å². The van der Waals surface area contributed by atoms with Crippen molar-refractivity contribution in [2.45, 2.75) is 91.1 Å². The van der Waals surface area contributed by atoms with Crippen molar-refractivity contribution >= 4 is 5.97 Å². The molecule has 0 aromatic heterocycles. The molecule has 0 aliphatic carbocycles. The lowest BCUT2D eigenvalue weighted by atomic mass is 10.0. The van der Waals surface area contributed by atoms with Crippen LogP contribution in [-0.2, 0) is 4.79 Å². The minimum atomic E-state index is -0.973. The molecule has 1 N–H and O–H groups in total. The van der Waals surface area contributed by atoms with Gasteiger partial charge in [0.1, 0.15) is 12.6 Å². The summed E-state index contributed by atoms with van der Waals surface area (Å²) in [6, 6.07) is 0. The van der Waals surface area contributed by atoms with Crippen molar-refractivity contribution in [1.82, 2.24) is 0 Å². The van der Waals surface area contributed by atoms with E-state index >= 15 is 0 Å². The number of carboxylic acids is 1. The molecule has 0 aromatic carbocycles. The number of carbonyl (C=O) groups excluding carboxylic acids is 1. The number of rotatable bonds is 18. The zero-order valence-corrected chi connectivity index (χ0v) is 17.5. The Kier molecular flexibility index (Phi) is 14.7. The standard InChI is InChI=1S/C22H43NO3/c1-5-8-11-12-15-21(24)19-23(16-13-9-6-2,17-14-10-7-3)18-20(4)22(25)26/h5,20-21,24H,1,6-19H2,2-4H3. The van der Waals surface area contributed by atoms with Crippen LogP contribution in [0.2, 0.25) is 0 Å². The molecule has 0 aliphatic rings. The van der Waals surface area contributed by atoms with E-state index in [2.05, 4.69) is 20.4 Å². The van der Waals surface area contributed by atoms with Gasteiger partial charge >= 0.3 is 0 Å². The number of aliphatic hydroxyl groups is 1. The van der Waals surface area contributed by atoms with Crippen molar-refractivity contribution in [1.29, 1.82) is 0 Å². The van der Waals surface area contributed by atoms with E-state index in [9.17, 15) is 15.0 Å². The molecule has 0 bridgehead atoms. The Labute approximate surface area is 161 Å². The van der Waals surface area contributed by atoms with E-state index in [4.69, 9.17) is 0 Å². The predicted molar refractivity (Wildman–Crippen MR) is 108 cm³/mol. The first-order chi connectivity index (χ1) is 12.4. The summed E-state index contributed by atoms with van der Waals surface area (Å²) in [5.41, 5.74) is 0. The van der Waals surface area contributed by atoms with Crippen LogP contribution in [-0.4, -0.2) is 47.8 Å². The predicted octanol–water partition coefficient (Wildman–Crippen LogP) is 3.68. The summed E-state index contributed by atoms with van der Waals surface area (Å²) in [6.45, 7) is 13.0. The Balaban J connectivity index is 5.04. The molecule has 26 heavy (non-hydrogen) atoms. The van der Waals surface area contributed by atoms with E-state index in [1.54, 1.807) is 6.92 Å². The second-order valence-electron chi connectivity index (χ2n) is 8.02. The van der Waals surface area contributed by atoms with Gasteiger partial charge in [-0.25, -0.2) is 0 Å². The second-order valence-corrected chi connectivity index (χ2v) is 8.02. The summed E-state index contributed by atoms with van der Waals surface area (Å²) in [4.78, 5) is 11.4. The van der Waals surface area contributed by atoms with E-state index in [0.29, 0.717) is 13.1 Å². The minimum absolute atomic E-state index is 0.364. The molecule has 0 saturated heterocycles.